The summed E-state index contributed by atoms with van der Waals surface area (Å²) in [5, 5.41) is 0.418. The molecule has 5 heteroatoms. The standard InChI is InChI=1S/C9H5ClN2O2/c1-6-2-7(10)3-8(11-4-13)9(6)12-5-14/h2-3H,1H3. The third-order valence-corrected chi connectivity index (χ3v) is 1.79. The average molecular weight is 209 g/mol. The molecule has 0 spiro atoms. The van der Waals surface area contributed by atoms with Gasteiger partial charge in [-0.2, -0.15) is 9.98 Å². The number of isocyanates is 2. The van der Waals surface area contributed by atoms with Crippen LogP contribution in [-0.2, 0) is 9.59 Å². The summed E-state index contributed by atoms with van der Waals surface area (Å²) in [6.45, 7) is 1.70. The lowest BCUT2D eigenvalue weighted by atomic mass is 10.2. The average Bonchev–Trinajstić information content (AvgIpc) is 2.11. The van der Waals surface area contributed by atoms with Crippen LogP contribution in [0.3, 0.4) is 0 Å². The van der Waals surface area contributed by atoms with E-state index in [9.17, 15) is 9.59 Å². The van der Waals surface area contributed by atoms with Crippen LogP contribution in [0.1, 0.15) is 5.56 Å². The first kappa shape index (κ1) is 10.4. The van der Waals surface area contributed by atoms with Gasteiger partial charge < -0.3 is 0 Å². The molecule has 14 heavy (non-hydrogen) atoms. The number of benzene rings is 1. The second-order valence-electron chi connectivity index (χ2n) is 2.50. The number of aryl methyl sites for hydroxylation is 1. The predicted molar refractivity (Wildman–Crippen MR) is 51.8 cm³/mol. The highest BCUT2D eigenvalue weighted by atomic mass is 35.5. The number of hydrogen-bond donors (Lipinski definition) is 0. The predicted octanol–water partition coefficient (Wildman–Crippen LogP) is 2.58. The van der Waals surface area contributed by atoms with E-state index in [1.165, 1.54) is 18.2 Å². The molecule has 0 fully saturated rings. The Kier molecular flexibility index (Phi) is 3.32. The molecule has 0 heterocycles. The summed E-state index contributed by atoms with van der Waals surface area (Å²) in [5.41, 5.74) is 1.15. The molecule has 1 rings (SSSR count). The Hall–Kier alpha value is -1.73. The van der Waals surface area contributed by atoms with Crippen molar-refractivity contribution in [1.82, 2.24) is 0 Å². The van der Waals surface area contributed by atoms with Crippen molar-refractivity contribution >= 4 is 35.1 Å². The number of nitrogens with zero attached hydrogens (tertiary/aromatic N) is 2. The summed E-state index contributed by atoms with van der Waals surface area (Å²) in [5.74, 6) is 0. The minimum Gasteiger partial charge on any atom is -0.211 e. The van der Waals surface area contributed by atoms with E-state index >= 15 is 0 Å². The molecular formula is C9H5ClN2O2. The Balaban J connectivity index is 3.50. The molecule has 1 aromatic carbocycles. The highest BCUT2D eigenvalue weighted by molar-refractivity contribution is 6.31. The highest BCUT2D eigenvalue weighted by Crippen LogP contribution is 2.33. The van der Waals surface area contributed by atoms with Gasteiger partial charge in [0, 0.05) is 5.02 Å². The maximum Gasteiger partial charge on any atom is 0.240 e. The molecular weight excluding hydrogens is 204 g/mol. The fraction of sp³-hybridized carbons (Fsp3) is 0.111. The van der Waals surface area contributed by atoms with Crippen LogP contribution in [0, 0.1) is 6.92 Å². The topological polar surface area (TPSA) is 58.9 Å². The van der Waals surface area contributed by atoms with Gasteiger partial charge in [-0.25, -0.2) is 9.59 Å². The zero-order chi connectivity index (χ0) is 10.6. The number of hydrogen-bond acceptors (Lipinski definition) is 4. The molecule has 0 unspecified atom stereocenters. The lowest BCUT2D eigenvalue weighted by molar-refractivity contribution is 0.564. The quantitative estimate of drug-likeness (QED) is 0.554. The lowest BCUT2D eigenvalue weighted by Gasteiger charge is -2.01. The Morgan fingerprint density at radius 1 is 1.21 bits per heavy atom. The van der Waals surface area contributed by atoms with Crippen LogP contribution in [0.25, 0.3) is 0 Å². The number of aliphatic imine (C=N–C) groups is 2. The summed E-state index contributed by atoms with van der Waals surface area (Å²) >= 11 is 5.73. The van der Waals surface area contributed by atoms with Crippen LogP contribution in [0.2, 0.25) is 5.02 Å². The maximum atomic E-state index is 10.1. The second-order valence-corrected chi connectivity index (χ2v) is 2.93. The molecule has 70 valence electrons. The van der Waals surface area contributed by atoms with Crippen molar-refractivity contribution in [3.8, 4) is 0 Å². The Morgan fingerprint density at radius 2 is 1.86 bits per heavy atom. The van der Waals surface area contributed by atoms with Crippen molar-refractivity contribution in [1.29, 1.82) is 0 Å². The lowest BCUT2D eigenvalue weighted by Crippen LogP contribution is -1.76. The smallest absolute Gasteiger partial charge is 0.211 e. The monoisotopic (exact) mass is 208 g/mol. The van der Waals surface area contributed by atoms with Gasteiger partial charge in [0.2, 0.25) is 12.2 Å². The first-order chi connectivity index (χ1) is 6.69. The number of halogens is 1. The van der Waals surface area contributed by atoms with E-state index in [0.29, 0.717) is 10.6 Å². The fourth-order valence-electron chi connectivity index (χ4n) is 1.04. The van der Waals surface area contributed by atoms with E-state index in [2.05, 4.69) is 9.98 Å². The van der Waals surface area contributed by atoms with E-state index in [1.807, 2.05) is 0 Å². The van der Waals surface area contributed by atoms with Crippen LogP contribution in [0.4, 0.5) is 11.4 Å². The van der Waals surface area contributed by atoms with E-state index < -0.39 is 0 Å². The van der Waals surface area contributed by atoms with Crippen LogP contribution in [-0.4, -0.2) is 12.2 Å². The van der Waals surface area contributed by atoms with Gasteiger partial charge in [-0.15, -0.1) is 0 Å². The molecule has 0 bridgehead atoms. The van der Waals surface area contributed by atoms with E-state index in [1.54, 1.807) is 13.0 Å². The fourth-order valence-corrected chi connectivity index (χ4v) is 1.31. The Labute approximate surface area is 84.9 Å². The van der Waals surface area contributed by atoms with E-state index in [0.717, 1.165) is 0 Å². The van der Waals surface area contributed by atoms with Crippen LogP contribution in [0.5, 0.6) is 0 Å². The third kappa shape index (κ3) is 2.15. The molecule has 0 aliphatic rings. The largest absolute Gasteiger partial charge is 0.240 e. The summed E-state index contributed by atoms with van der Waals surface area (Å²) in [4.78, 5) is 27.0. The highest BCUT2D eigenvalue weighted by Gasteiger charge is 2.05. The second kappa shape index (κ2) is 4.49. The molecule has 4 nitrogen and oxygen atoms in total. The number of carbonyl (C=O) groups excluding carboxylic acids is 2. The van der Waals surface area contributed by atoms with Gasteiger partial charge in [0.25, 0.3) is 0 Å². The van der Waals surface area contributed by atoms with Crippen molar-refractivity contribution < 1.29 is 9.59 Å². The first-order valence-electron chi connectivity index (χ1n) is 3.65. The summed E-state index contributed by atoms with van der Waals surface area (Å²) < 4.78 is 0. The van der Waals surface area contributed by atoms with Crippen LogP contribution < -0.4 is 0 Å². The van der Waals surface area contributed by atoms with Gasteiger partial charge in [-0.1, -0.05) is 11.6 Å². The van der Waals surface area contributed by atoms with Gasteiger partial charge in [0.15, 0.2) is 0 Å². The third-order valence-electron chi connectivity index (χ3n) is 1.57. The van der Waals surface area contributed by atoms with Crippen LogP contribution in [0.15, 0.2) is 22.1 Å². The van der Waals surface area contributed by atoms with Crippen LogP contribution >= 0.6 is 11.6 Å². The molecule has 0 N–H and O–H groups in total. The minimum atomic E-state index is 0.216. The maximum absolute atomic E-state index is 10.1. The van der Waals surface area contributed by atoms with E-state index in [-0.39, 0.29) is 11.4 Å². The van der Waals surface area contributed by atoms with Gasteiger partial charge in [-0.3, -0.25) is 0 Å². The Morgan fingerprint density at radius 3 is 2.43 bits per heavy atom. The summed E-state index contributed by atoms with van der Waals surface area (Å²) in [6, 6.07) is 3.04. The number of rotatable bonds is 2. The molecule has 1 aromatic rings. The van der Waals surface area contributed by atoms with Gasteiger partial charge in [0.1, 0.15) is 11.4 Å². The molecule has 0 atom stereocenters. The van der Waals surface area contributed by atoms with Gasteiger partial charge in [-0.05, 0) is 24.6 Å². The van der Waals surface area contributed by atoms with Crippen molar-refractivity contribution in [2.24, 2.45) is 9.98 Å². The summed E-state index contributed by atoms with van der Waals surface area (Å²) in [6.07, 6.45) is 2.75. The normalized spacial score (nSPS) is 8.71. The zero-order valence-electron chi connectivity index (χ0n) is 7.24. The Bertz CT molecular complexity index is 458. The molecule has 0 saturated heterocycles. The van der Waals surface area contributed by atoms with Crippen molar-refractivity contribution in [2.75, 3.05) is 0 Å². The zero-order valence-corrected chi connectivity index (χ0v) is 8.00. The van der Waals surface area contributed by atoms with E-state index in [4.69, 9.17) is 11.6 Å². The molecule has 0 aromatic heterocycles. The van der Waals surface area contributed by atoms with Gasteiger partial charge >= 0.3 is 0 Å². The first-order valence-corrected chi connectivity index (χ1v) is 4.02. The minimum absolute atomic E-state index is 0.216. The van der Waals surface area contributed by atoms with Gasteiger partial charge in [0.05, 0.1) is 0 Å². The summed E-state index contributed by atoms with van der Waals surface area (Å²) in [7, 11) is 0. The molecule has 0 radical (unpaired) electrons. The molecule has 0 aliphatic carbocycles. The SMILES string of the molecule is Cc1cc(Cl)cc(N=C=O)c1N=C=O. The van der Waals surface area contributed by atoms with Crippen molar-refractivity contribution in [3.63, 3.8) is 0 Å². The van der Waals surface area contributed by atoms with Crippen molar-refractivity contribution in [2.45, 2.75) is 6.92 Å². The molecule has 0 aliphatic heterocycles. The molecule has 0 saturated carbocycles. The molecule has 0 amide bonds. The van der Waals surface area contributed by atoms with Crippen molar-refractivity contribution in [3.05, 3.63) is 22.7 Å².